The Morgan fingerprint density at radius 1 is 1.20 bits per heavy atom. The van der Waals surface area contributed by atoms with E-state index < -0.39 is 11.9 Å². The molecule has 4 heteroatoms. The molecule has 2 unspecified atom stereocenters. The molecule has 2 aromatic carbocycles. The van der Waals surface area contributed by atoms with E-state index >= 15 is 0 Å². The Morgan fingerprint density at radius 2 is 1.85 bits per heavy atom. The van der Waals surface area contributed by atoms with Gasteiger partial charge in [-0.1, -0.05) is 45.8 Å². The Bertz CT molecular complexity index is 586. The maximum Gasteiger partial charge on any atom is 0.129 e. The monoisotopic (exact) mass is 337 g/mol. The number of hydrogen-bond donors (Lipinski definition) is 2. The predicted molar refractivity (Wildman–Crippen MR) is 82.0 cm³/mol. The Labute approximate surface area is 126 Å². The molecular weight excluding hydrogens is 321 g/mol. The molecule has 0 fully saturated rings. The number of aryl methyl sites for hydroxylation is 1. The second-order valence-corrected chi connectivity index (χ2v) is 5.78. The topological polar surface area (TPSA) is 46.2 Å². The lowest BCUT2D eigenvalue weighted by Crippen LogP contribution is -2.21. The summed E-state index contributed by atoms with van der Waals surface area (Å²) in [6.07, 6.45) is -0.972. The highest BCUT2D eigenvalue weighted by Crippen LogP contribution is 2.33. The van der Waals surface area contributed by atoms with Crippen molar-refractivity contribution in [1.82, 2.24) is 0 Å². The number of aliphatic hydroxyl groups is 1. The van der Waals surface area contributed by atoms with Gasteiger partial charge in [-0.15, -0.1) is 0 Å². The largest absolute Gasteiger partial charge is 0.388 e. The van der Waals surface area contributed by atoms with Crippen LogP contribution in [-0.2, 0) is 0 Å². The molecule has 0 radical (unpaired) electrons. The molecule has 2 nitrogen and oxygen atoms in total. The lowest BCUT2D eigenvalue weighted by Gasteiger charge is -2.23. The van der Waals surface area contributed by atoms with Crippen LogP contribution in [0.25, 0.3) is 0 Å². The van der Waals surface area contributed by atoms with Crippen LogP contribution in [0.15, 0.2) is 46.9 Å². The maximum atomic E-state index is 13.9. The summed E-state index contributed by atoms with van der Waals surface area (Å²) in [7, 11) is 0. The van der Waals surface area contributed by atoms with Crippen molar-refractivity contribution < 1.29 is 9.50 Å². The minimum Gasteiger partial charge on any atom is -0.388 e. The van der Waals surface area contributed by atoms with E-state index in [2.05, 4.69) is 15.9 Å². The lowest BCUT2D eigenvalue weighted by molar-refractivity contribution is 0.143. The molecular formula is C16H17BrFNO. The van der Waals surface area contributed by atoms with Gasteiger partial charge in [-0.25, -0.2) is 4.39 Å². The zero-order valence-corrected chi connectivity index (χ0v) is 12.8. The van der Waals surface area contributed by atoms with Crippen LogP contribution in [0.3, 0.4) is 0 Å². The van der Waals surface area contributed by atoms with E-state index in [0.717, 1.165) is 15.6 Å². The number of hydrogen-bond acceptors (Lipinski definition) is 2. The summed E-state index contributed by atoms with van der Waals surface area (Å²) < 4.78 is 14.6. The fourth-order valence-corrected chi connectivity index (χ4v) is 2.60. The van der Waals surface area contributed by atoms with Crippen molar-refractivity contribution in [2.75, 3.05) is 6.54 Å². The first-order chi connectivity index (χ1) is 9.52. The van der Waals surface area contributed by atoms with Crippen LogP contribution in [0.2, 0.25) is 0 Å². The first-order valence-corrected chi connectivity index (χ1v) is 7.22. The smallest absolute Gasteiger partial charge is 0.129 e. The van der Waals surface area contributed by atoms with Crippen LogP contribution in [0, 0.1) is 12.7 Å². The second-order valence-electron chi connectivity index (χ2n) is 4.86. The van der Waals surface area contributed by atoms with Crippen molar-refractivity contribution >= 4 is 15.9 Å². The summed E-state index contributed by atoms with van der Waals surface area (Å²) in [5.74, 6) is -0.759. The van der Waals surface area contributed by atoms with E-state index in [1.165, 1.54) is 6.07 Å². The van der Waals surface area contributed by atoms with Crippen molar-refractivity contribution in [3.63, 3.8) is 0 Å². The Kier molecular flexibility index (Phi) is 4.91. The molecule has 2 aromatic rings. The minimum atomic E-state index is -0.972. The normalized spacial score (nSPS) is 14.1. The summed E-state index contributed by atoms with van der Waals surface area (Å²) >= 11 is 3.29. The molecule has 0 aliphatic heterocycles. The van der Waals surface area contributed by atoms with E-state index in [4.69, 9.17) is 5.73 Å². The number of nitrogens with two attached hydrogens (primary N) is 1. The van der Waals surface area contributed by atoms with Crippen molar-refractivity contribution in [1.29, 1.82) is 0 Å². The molecule has 0 aliphatic rings. The molecule has 2 atom stereocenters. The van der Waals surface area contributed by atoms with E-state index in [1.807, 2.05) is 31.2 Å². The quantitative estimate of drug-likeness (QED) is 0.893. The van der Waals surface area contributed by atoms with Crippen LogP contribution in [0.1, 0.15) is 28.7 Å². The van der Waals surface area contributed by atoms with Gasteiger partial charge in [0.25, 0.3) is 0 Å². The van der Waals surface area contributed by atoms with Gasteiger partial charge in [0.2, 0.25) is 0 Å². The van der Waals surface area contributed by atoms with Gasteiger partial charge in [-0.3, -0.25) is 0 Å². The SMILES string of the molecule is Cc1ccc(C(CN)C(O)c2cc(Br)ccc2F)cc1. The van der Waals surface area contributed by atoms with Gasteiger partial charge in [0, 0.05) is 22.5 Å². The zero-order valence-electron chi connectivity index (χ0n) is 11.2. The molecule has 0 heterocycles. The van der Waals surface area contributed by atoms with E-state index in [1.54, 1.807) is 12.1 Å². The number of rotatable bonds is 4. The summed E-state index contributed by atoms with van der Waals surface area (Å²) in [6.45, 7) is 2.24. The molecule has 0 saturated carbocycles. The van der Waals surface area contributed by atoms with Gasteiger partial charge in [-0.05, 0) is 30.7 Å². The van der Waals surface area contributed by atoms with Crippen LogP contribution in [-0.4, -0.2) is 11.7 Å². The third kappa shape index (κ3) is 3.26. The minimum absolute atomic E-state index is 0.246. The van der Waals surface area contributed by atoms with Crippen LogP contribution in [0.5, 0.6) is 0 Å². The van der Waals surface area contributed by atoms with Crippen molar-refractivity contribution in [2.24, 2.45) is 5.73 Å². The first-order valence-electron chi connectivity index (χ1n) is 6.42. The predicted octanol–water partition coefficient (Wildman–Crippen LogP) is 3.67. The van der Waals surface area contributed by atoms with Gasteiger partial charge < -0.3 is 10.8 Å². The molecule has 0 bridgehead atoms. The summed E-state index contributed by atoms with van der Waals surface area (Å²) in [4.78, 5) is 0. The molecule has 3 N–H and O–H groups in total. The highest BCUT2D eigenvalue weighted by Gasteiger charge is 2.24. The molecule has 0 aliphatic carbocycles. The highest BCUT2D eigenvalue weighted by molar-refractivity contribution is 9.10. The average molecular weight is 338 g/mol. The Morgan fingerprint density at radius 3 is 2.45 bits per heavy atom. The summed E-state index contributed by atoms with van der Waals surface area (Å²) in [5.41, 5.74) is 8.07. The fourth-order valence-electron chi connectivity index (χ4n) is 2.22. The van der Waals surface area contributed by atoms with Crippen molar-refractivity contribution in [3.8, 4) is 0 Å². The van der Waals surface area contributed by atoms with E-state index in [0.29, 0.717) is 0 Å². The number of aliphatic hydroxyl groups excluding tert-OH is 1. The van der Waals surface area contributed by atoms with Crippen LogP contribution < -0.4 is 5.73 Å². The van der Waals surface area contributed by atoms with Gasteiger partial charge >= 0.3 is 0 Å². The fraction of sp³-hybridized carbons (Fsp3) is 0.250. The standard InChI is InChI=1S/C16H17BrFNO/c1-10-2-4-11(5-3-10)14(9-19)16(20)13-8-12(17)6-7-15(13)18/h2-8,14,16,20H,9,19H2,1H3. The molecule has 0 saturated heterocycles. The highest BCUT2D eigenvalue weighted by atomic mass is 79.9. The van der Waals surface area contributed by atoms with E-state index in [-0.39, 0.29) is 18.0 Å². The second kappa shape index (κ2) is 6.48. The molecule has 0 spiro atoms. The third-order valence-electron chi connectivity index (χ3n) is 3.42. The van der Waals surface area contributed by atoms with E-state index in [9.17, 15) is 9.50 Å². The molecule has 2 rings (SSSR count). The first kappa shape index (κ1) is 15.2. The Hall–Kier alpha value is -1.23. The molecule has 0 aromatic heterocycles. The van der Waals surface area contributed by atoms with Crippen LogP contribution in [0.4, 0.5) is 4.39 Å². The number of benzene rings is 2. The molecule has 106 valence electrons. The molecule has 20 heavy (non-hydrogen) atoms. The van der Waals surface area contributed by atoms with Crippen molar-refractivity contribution in [3.05, 3.63) is 69.4 Å². The van der Waals surface area contributed by atoms with Gasteiger partial charge in [0.15, 0.2) is 0 Å². The average Bonchev–Trinajstić information content (AvgIpc) is 2.44. The zero-order chi connectivity index (χ0) is 14.7. The van der Waals surface area contributed by atoms with Gasteiger partial charge in [0.1, 0.15) is 5.82 Å². The Balaban J connectivity index is 2.35. The third-order valence-corrected chi connectivity index (χ3v) is 3.91. The summed E-state index contributed by atoms with van der Waals surface area (Å²) in [6, 6.07) is 12.3. The number of halogens is 2. The van der Waals surface area contributed by atoms with Crippen LogP contribution >= 0.6 is 15.9 Å². The van der Waals surface area contributed by atoms with Gasteiger partial charge in [0.05, 0.1) is 6.10 Å². The maximum absolute atomic E-state index is 13.9. The lowest BCUT2D eigenvalue weighted by atomic mass is 9.88. The molecule has 0 amide bonds. The van der Waals surface area contributed by atoms with Gasteiger partial charge in [-0.2, -0.15) is 0 Å². The van der Waals surface area contributed by atoms with Crippen molar-refractivity contribution in [2.45, 2.75) is 18.9 Å². The summed E-state index contributed by atoms with van der Waals surface area (Å²) in [5, 5.41) is 10.5.